The average molecular weight is 432 g/mol. The lowest BCUT2D eigenvalue weighted by Crippen LogP contribution is -2.14. The van der Waals surface area contributed by atoms with Crippen LogP contribution in [0.15, 0.2) is 54.9 Å². The van der Waals surface area contributed by atoms with Gasteiger partial charge in [0.25, 0.3) is 17.3 Å². The molecule has 160 valence electrons. The number of hydrogen-bond acceptors (Lipinski definition) is 7. The zero-order valence-electron chi connectivity index (χ0n) is 17.0. The van der Waals surface area contributed by atoms with Crippen LogP contribution in [0.2, 0.25) is 0 Å². The maximum atomic E-state index is 13.2. The summed E-state index contributed by atoms with van der Waals surface area (Å²) in [5, 5.41) is 29.9. The molecule has 0 saturated carbocycles. The van der Waals surface area contributed by atoms with Gasteiger partial charge in [-0.05, 0) is 19.1 Å². The van der Waals surface area contributed by atoms with Gasteiger partial charge in [0.1, 0.15) is 5.56 Å². The van der Waals surface area contributed by atoms with E-state index in [0.29, 0.717) is 22.2 Å². The van der Waals surface area contributed by atoms with Gasteiger partial charge < -0.3 is 5.32 Å². The van der Waals surface area contributed by atoms with Crippen LogP contribution in [0, 0.1) is 27.2 Å². The van der Waals surface area contributed by atoms with Crippen molar-refractivity contribution in [2.75, 3.05) is 5.32 Å². The first kappa shape index (κ1) is 20.6. The molecule has 0 aliphatic heterocycles. The van der Waals surface area contributed by atoms with E-state index < -0.39 is 27.1 Å². The van der Waals surface area contributed by atoms with Gasteiger partial charge in [-0.1, -0.05) is 18.2 Å². The molecule has 11 nitrogen and oxygen atoms in total. The predicted molar refractivity (Wildman–Crippen MR) is 116 cm³/mol. The molecule has 0 bridgehead atoms. The number of rotatable bonds is 5. The Balaban J connectivity index is 1.81. The molecule has 2 aromatic heterocycles. The van der Waals surface area contributed by atoms with Gasteiger partial charge in [0.05, 0.1) is 38.5 Å². The summed E-state index contributed by atoms with van der Waals surface area (Å²) in [6.07, 6.45) is 3.37. The number of para-hydroxylation sites is 1. The molecule has 1 N–H and O–H groups in total. The number of anilines is 1. The van der Waals surface area contributed by atoms with Crippen LogP contribution in [-0.4, -0.2) is 30.5 Å². The molecule has 1 amide bonds. The molecule has 0 unspecified atom stereocenters. The van der Waals surface area contributed by atoms with Crippen LogP contribution >= 0.6 is 0 Å². The first-order valence-corrected chi connectivity index (χ1v) is 9.38. The van der Waals surface area contributed by atoms with Crippen LogP contribution in [0.25, 0.3) is 22.2 Å². The van der Waals surface area contributed by atoms with E-state index in [-0.39, 0.29) is 16.8 Å². The van der Waals surface area contributed by atoms with Crippen LogP contribution in [-0.2, 0) is 7.05 Å². The lowest BCUT2D eigenvalue weighted by Gasteiger charge is -2.11. The molecule has 4 aromatic rings. The second-order valence-corrected chi connectivity index (χ2v) is 7.08. The molecule has 0 aliphatic rings. The summed E-state index contributed by atoms with van der Waals surface area (Å²) in [4.78, 5) is 39.0. The molecule has 11 heteroatoms. The van der Waals surface area contributed by atoms with Gasteiger partial charge in [0.15, 0.2) is 0 Å². The standard InChI is InChI=1S/C21H16N6O5/c1-12-19(26(29)30)7-14(8-20(12)27(31)32)23-21(28)16-9-18(13-10-22-25(2)11-13)24-17-6-4-3-5-15(16)17/h3-11H,1-2H3,(H,23,28). The number of hydrogen-bond donors (Lipinski definition) is 1. The van der Waals surface area contributed by atoms with Gasteiger partial charge in [0, 0.05) is 36.3 Å². The maximum absolute atomic E-state index is 13.2. The van der Waals surface area contributed by atoms with Crippen molar-refractivity contribution in [3.05, 3.63) is 86.2 Å². The molecule has 0 fully saturated rings. The quantitative estimate of drug-likeness (QED) is 0.370. The minimum Gasteiger partial charge on any atom is -0.321 e. The highest BCUT2D eigenvalue weighted by Crippen LogP contribution is 2.32. The molecule has 0 spiro atoms. The molecular formula is C21H16N6O5. The van der Waals surface area contributed by atoms with Crippen molar-refractivity contribution >= 4 is 33.9 Å². The number of carbonyl (C=O) groups excluding carboxylic acids is 1. The largest absolute Gasteiger partial charge is 0.321 e. The highest BCUT2D eigenvalue weighted by atomic mass is 16.6. The number of amides is 1. The van der Waals surface area contributed by atoms with Crippen molar-refractivity contribution in [3.63, 3.8) is 0 Å². The molecule has 0 saturated heterocycles. The fourth-order valence-electron chi connectivity index (χ4n) is 3.40. The van der Waals surface area contributed by atoms with Crippen LogP contribution in [0.4, 0.5) is 17.1 Å². The van der Waals surface area contributed by atoms with Crippen LogP contribution in [0.5, 0.6) is 0 Å². The Kier molecular flexibility index (Phi) is 5.07. The number of aryl methyl sites for hydroxylation is 1. The smallest absolute Gasteiger partial charge is 0.281 e. The Morgan fingerprint density at radius 2 is 1.72 bits per heavy atom. The number of aromatic nitrogens is 3. The Morgan fingerprint density at radius 1 is 1.06 bits per heavy atom. The van der Waals surface area contributed by atoms with E-state index >= 15 is 0 Å². The predicted octanol–water partition coefficient (Wildman–Crippen LogP) is 4.01. The van der Waals surface area contributed by atoms with Gasteiger partial charge in [0.2, 0.25) is 0 Å². The number of nitrogens with one attached hydrogen (secondary N) is 1. The third-order valence-electron chi connectivity index (χ3n) is 4.97. The second-order valence-electron chi connectivity index (χ2n) is 7.08. The Morgan fingerprint density at radius 3 is 2.31 bits per heavy atom. The molecule has 2 heterocycles. The van der Waals surface area contributed by atoms with E-state index in [4.69, 9.17) is 0 Å². The van der Waals surface area contributed by atoms with E-state index in [0.717, 1.165) is 12.1 Å². The summed E-state index contributed by atoms with van der Waals surface area (Å²) in [7, 11) is 1.76. The van der Waals surface area contributed by atoms with E-state index in [9.17, 15) is 25.0 Å². The second kappa shape index (κ2) is 7.87. The zero-order valence-corrected chi connectivity index (χ0v) is 17.0. The topological polar surface area (TPSA) is 146 Å². The number of carbonyl (C=O) groups is 1. The van der Waals surface area contributed by atoms with Gasteiger partial charge in [-0.3, -0.25) is 29.7 Å². The third-order valence-corrected chi connectivity index (χ3v) is 4.97. The normalized spacial score (nSPS) is 10.8. The van der Waals surface area contributed by atoms with Crippen molar-refractivity contribution in [2.45, 2.75) is 6.92 Å². The van der Waals surface area contributed by atoms with Gasteiger partial charge in [-0.2, -0.15) is 5.10 Å². The lowest BCUT2D eigenvalue weighted by atomic mass is 10.0. The van der Waals surface area contributed by atoms with E-state index in [1.54, 1.807) is 54.5 Å². The molecule has 0 aliphatic carbocycles. The van der Waals surface area contributed by atoms with E-state index in [2.05, 4.69) is 15.4 Å². The number of nitrogens with zero attached hydrogens (tertiary/aromatic N) is 5. The summed E-state index contributed by atoms with van der Waals surface area (Å²) < 4.78 is 1.61. The molecule has 4 rings (SSSR count). The zero-order chi connectivity index (χ0) is 23.0. The first-order chi connectivity index (χ1) is 15.2. The van der Waals surface area contributed by atoms with Crippen molar-refractivity contribution in [3.8, 4) is 11.3 Å². The van der Waals surface area contributed by atoms with E-state index in [1.165, 1.54) is 6.92 Å². The summed E-state index contributed by atoms with van der Waals surface area (Å²) in [6.45, 7) is 1.29. The summed E-state index contributed by atoms with van der Waals surface area (Å²) >= 11 is 0. The number of benzene rings is 2. The van der Waals surface area contributed by atoms with Gasteiger partial charge >= 0.3 is 0 Å². The number of nitro benzene ring substituents is 2. The third kappa shape index (κ3) is 3.74. The first-order valence-electron chi connectivity index (χ1n) is 9.38. The molecular weight excluding hydrogens is 416 g/mol. The number of nitro groups is 2. The fourth-order valence-corrected chi connectivity index (χ4v) is 3.40. The maximum Gasteiger partial charge on any atom is 0.281 e. The lowest BCUT2D eigenvalue weighted by molar-refractivity contribution is -0.395. The Labute approximate surface area is 180 Å². The molecule has 0 atom stereocenters. The molecule has 2 aromatic carbocycles. The molecule has 32 heavy (non-hydrogen) atoms. The summed E-state index contributed by atoms with van der Waals surface area (Å²) in [5.41, 5.74) is 1.00. The average Bonchev–Trinajstić information content (AvgIpc) is 3.19. The highest BCUT2D eigenvalue weighted by molar-refractivity contribution is 6.13. The summed E-state index contributed by atoms with van der Waals surface area (Å²) in [5.74, 6) is -0.582. The van der Waals surface area contributed by atoms with Crippen molar-refractivity contribution in [1.29, 1.82) is 0 Å². The Hall–Kier alpha value is -4.67. The minimum absolute atomic E-state index is 0.0529. The van der Waals surface area contributed by atoms with Crippen molar-refractivity contribution < 1.29 is 14.6 Å². The SMILES string of the molecule is Cc1c([N+](=O)[O-])cc(NC(=O)c2cc(-c3cnn(C)c3)nc3ccccc23)cc1[N+](=O)[O-]. The van der Waals surface area contributed by atoms with Crippen LogP contribution in [0.1, 0.15) is 15.9 Å². The highest BCUT2D eigenvalue weighted by Gasteiger charge is 2.24. The van der Waals surface area contributed by atoms with E-state index in [1.807, 2.05) is 0 Å². The Bertz CT molecular complexity index is 1380. The molecule has 0 radical (unpaired) electrons. The number of pyridine rings is 1. The monoisotopic (exact) mass is 432 g/mol. The van der Waals surface area contributed by atoms with Gasteiger partial charge in [-0.15, -0.1) is 0 Å². The summed E-state index contributed by atoms with van der Waals surface area (Å²) in [6, 6.07) is 10.8. The fraction of sp³-hybridized carbons (Fsp3) is 0.0952. The van der Waals surface area contributed by atoms with Gasteiger partial charge in [-0.25, -0.2) is 4.98 Å². The minimum atomic E-state index is -0.722. The van der Waals surface area contributed by atoms with Crippen molar-refractivity contribution in [1.82, 2.24) is 14.8 Å². The number of fused-ring (bicyclic) bond motifs is 1. The van der Waals surface area contributed by atoms with Crippen LogP contribution in [0.3, 0.4) is 0 Å². The van der Waals surface area contributed by atoms with Crippen molar-refractivity contribution in [2.24, 2.45) is 7.05 Å². The van der Waals surface area contributed by atoms with Crippen LogP contribution < -0.4 is 5.32 Å².